The third kappa shape index (κ3) is 3.75. The lowest BCUT2D eigenvalue weighted by Crippen LogP contribution is -2.37. The Kier molecular flexibility index (Phi) is 5.35. The topological polar surface area (TPSA) is 87.8 Å². The molecule has 1 saturated carbocycles. The van der Waals surface area contributed by atoms with Crippen LogP contribution in [0, 0.1) is 11.3 Å². The van der Waals surface area contributed by atoms with Crippen LogP contribution < -0.4 is 4.72 Å². The Balaban J connectivity index is 1.62. The van der Waals surface area contributed by atoms with Crippen LogP contribution >= 0.6 is 0 Å². The highest BCUT2D eigenvalue weighted by Gasteiger charge is 2.28. The number of hydrogen-bond donors (Lipinski definition) is 1. The van der Waals surface area contributed by atoms with Crippen LogP contribution in [0.4, 0.5) is 8.78 Å². The van der Waals surface area contributed by atoms with Gasteiger partial charge in [-0.2, -0.15) is 5.26 Å². The number of nitrogens with zero attached hydrogens (tertiary/aromatic N) is 3. The number of pyridine rings is 1. The Morgan fingerprint density at radius 3 is 2.45 bits per heavy atom. The number of hydrogen-bond acceptors (Lipinski definition) is 4. The van der Waals surface area contributed by atoms with Gasteiger partial charge in [-0.1, -0.05) is 18.2 Å². The molecule has 0 radical (unpaired) electrons. The van der Waals surface area contributed by atoms with Gasteiger partial charge in [0, 0.05) is 22.8 Å². The van der Waals surface area contributed by atoms with Crippen LogP contribution in [-0.4, -0.2) is 37.4 Å². The van der Waals surface area contributed by atoms with Crippen LogP contribution in [0.25, 0.3) is 28.0 Å². The van der Waals surface area contributed by atoms with Crippen molar-refractivity contribution in [3.05, 3.63) is 65.9 Å². The molecule has 1 aromatic carbocycles. The normalized spacial score (nSPS) is 15.5. The minimum Gasteiger partial charge on any atom is -0.293 e. The molecule has 0 bridgehead atoms. The van der Waals surface area contributed by atoms with Crippen LogP contribution in [-0.2, 0) is 10.0 Å². The molecular formula is C24H20F2N4O2S. The Morgan fingerprint density at radius 1 is 1.21 bits per heavy atom. The fourth-order valence-corrected chi connectivity index (χ4v) is 5.17. The zero-order chi connectivity index (χ0) is 23.2. The molecule has 2 heterocycles. The van der Waals surface area contributed by atoms with Crippen molar-refractivity contribution in [2.45, 2.75) is 29.7 Å². The van der Waals surface area contributed by atoms with Gasteiger partial charge in [0.05, 0.1) is 22.2 Å². The highest BCUT2D eigenvalue weighted by atomic mass is 32.2. The fraction of sp³-hybridized carbons (Fsp3) is 0.250. The van der Waals surface area contributed by atoms with Gasteiger partial charge in [0.25, 0.3) is 0 Å². The Morgan fingerprint density at radius 2 is 1.91 bits per heavy atom. The minimum atomic E-state index is -4.09. The molecule has 1 fully saturated rings. The molecule has 3 aromatic rings. The number of allylic oxidation sites excluding steroid dienone is 4. The Hall–Kier alpha value is -3.35. The van der Waals surface area contributed by atoms with Crippen molar-refractivity contribution in [2.24, 2.45) is 0 Å². The third-order valence-corrected chi connectivity index (χ3v) is 7.45. The summed E-state index contributed by atoms with van der Waals surface area (Å²) >= 11 is 0. The lowest BCUT2D eigenvalue weighted by atomic mass is 10.0. The van der Waals surface area contributed by atoms with E-state index in [2.05, 4.69) is 11.1 Å². The zero-order valence-corrected chi connectivity index (χ0v) is 18.3. The van der Waals surface area contributed by atoms with Gasteiger partial charge in [0.15, 0.2) is 0 Å². The minimum absolute atomic E-state index is 0.115. The number of rotatable bonds is 8. The second-order valence-corrected chi connectivity index (χ2v) is 9.90. The standard InChI is InChI=1S/C24H20F2N4O2S/c25-11-18(12-26)29-33(31,32)20-8-6-16(7-9-20)23-22(13-27)21-10-17(15-4-5-15)14-28-24(21)30(23)19-2-1-3-19/h1-3,6-10,14-15,18,29H,4-5,11-12H2. The highest BCUT2D eigenvalue weighted by molar-refractivity contribution is 7.89. The number of aromatic nitrogens is 2. The summed E-state index contributed by atoms with van der Waals surface area (Å²) in [5.41, 5.74) is 4.36. The molecule has 33 heavy (non-hydrogen) atoms. The van der Waals surface area contributed by atoms with E-state index in [1.165, 1.54) is 12.1 Å². The maximum Gasteiger partial charge on any atom is 0.240 e. The summed E-state index contributed by atoms with van der Waals surface area (Å²) in [6.07, 6.45) is 9.81. The van der Waals surface area contributed by atoms with Crippen molar-refractivity contribution in [1.29, 1.82) is 5.26 Å². The maximum absolute atomic E-state index is 12.8. The van der Waals surface area contributed by atoms with E-state index in [-0.39, 0.29) is 4.90 Å². The summed E-state index contributed by atoms with van der Waals surface area (Å²) in [6.45, 7) is -2.28. The van der Waals surface area contributed by atoms with Crippen molar-refractivity contribution < 1.29 is 17.2 Å². The van der Waals surface area contributed by atoms with Crippen molar-refractivity contribution in [2.75, 3.05) is 13.3 Å². The lowest BCUT2D eigenvalue weighted by Gasteiger charge is -2.16. The van der Waals surface area contributed by atoms with Crippen molar-refractivity contribution in [3.8, 4) is 17.3 Å². The van der Waals surface area contributed by atoms with Crippen LogP contribution in [0.3, 0.4) is 0 Å². The molecule has 5 rings (SSSR count). The molecule has 168 valence electrons. The fourth-order valence-electron chi connectivity index (χ4n) is 3.97. The number of fused-ring (bicyclic) bond motifs is 1. The first-order chi connectivity index (χ1) is 16.0. The maximum atomic E-state index is 12.8. The molecule has 2 aliphatic carbocycles. The van der Waals surface area contributed by atoms with Gasteiger partial charge in [-0.15, -0.1) is 0 Å². The largest absolute Gasteiger partial charge is 0.293 e. The molecular weight excluding hydrogens is 446 g/mol. The van der Waals surface area contributed by atoms with E-state index in [1.54, 1.807) is 12.1 Å². The van der Waals surface area contributed by atoms with E-state index in [0.29, 0.717) is 28.4 Å². The average Bonchev–Trinajstić information content (AvgIpc) is 3.59. The first-order valence-electron chi connectivity index (χ1n) is 10.5. The van der Waals surface area contributed by atoms with E-state index >= 15 is 0 Å². The lowest BCUT2D eigenvalue weighted by molar-refractivity contribution is 0.334. The van der Waals surface area contributed by atoms with E-state index < -0.39 is 29.4 Å². The molecule has 0 aliphatic heterocycles. The van der Waals surface area contributed by atoms with Gasteiger partial charge in [0.2, 0.25) is 10.0 Å². The number of benzene rings is 1. The molecule has 9 heteroatoms. The smallest absolute Gasteiger partial charge is 0.240 e. The molecule has 6 nitrogen and oxygen atoms in total. The number of alkyl halides is 2. The zero-order valence-electron chi connectivity index (χ0n) is 17.5. The van der Waals surface area contributed by atoms with Gasteiger partial charge < -0.3 is 0 Å². The van der Waals surface area contributed by atoms with Crippen LogP contribution in [0.15, 0.2) is 59.7 Å². The van der Waals surface area contributed by atoms with Gasteiger partial charge in [0.1, 0.15) is 25.1 Å². The summed E-state index contributed by atoms with van der Waals surface area (Å²) < 4.78 is 54.5. The second-order valence-electron chi connectivity index (χ2n) is 8.19. The quantitative estimate of drug-likeness (QED) is 0.531. The van der Waals surface area contributed by atoms with Crippen molar-refractivity contribution in [3.63, 3.8) is 0 Å². The van der Waals surface area contributed by atoms with Crippen LogP contribution in [0.1, 0.15) is 29.9 Å². The Bertz CT molecular complexity index is 1440. The molecule has 2 aliphatic rings. The Labute approximate surface area is 189 Å². The first kappa shape index (κ1) is 21.5. The SMILES string of the molecule is N#Cc1c(-c2ccc(S(=O)(=O)NC(CF)CF)cc2)n(C2=CC=C2)c2ncc(C3CC3)cc12. The third-order valence-electron chi connectivity index (χ3n) is 5.91. The molecule has 0 atom stereocenters. The summed E-state index contributed by atoms with van der Waals surface area (Å²) in [5, 5.41) is 10.8. The van der Waals surface area contributed by atoms with Gasteiger partial charge >= 0.3 is 0 Å². The van der Waals surface area contributed by atoms with Gasteiger partial charge in [-0.25, -0.2) is 26.9 Å². The van der Waals surface area contributed by atoms with Crippen molar-refractivity contribution in [1.82, 2.24) is 14.3 Å². The van der Waals surface area contributed by atoms with Gasteiger partial charge in [-0.3, -0.25) is 4.57 Å². The van der Waals surface area contributed by atoms with Crippen LogP contribution in [0.2, 0.25) is 0 Å². The monoisotopic (exact) mass is 466 g/mol. The number of nitriles is 1. The number of nitrogens with one attached hydrogen (secondary N) is 1. The van der Waals surface area contributed by atoms with E-state index in [4.69, 9.17) is 0 Å². The molecule has 0 unspecified atom stereocenters. The summed E-state index contributed by atoms with van der Waals surface area (Å²) in [5.74, 6) is 0.484. The molecule has 2 aromatic heterocycles. The second kappa shape index (κ2) is 8.21. The van der Waals surface area contributed by atoms with Crippen molar-refractivity contribution >= 4 is 26.8 Å². The van der Waals surface area contributed by atoms with E-state index in [0.717, 1.165) is 29.5 Å². The van der Waals surface area contributed by atoms with E-state index in [9.17, 15) is 22.5 Å². The summed E-state index contributed by atoms with van der Waals surface area (Å²) in [6, 6.07) is 8.81. The summed E-state index contributed by atoms with van der Waals surface area (Å²) in [7, 11) is -4.09. The number of halogens is 2. The predicted molar refractivity (Wildman–Crippen MR) is 121 cm³/mol. The van der Waals surface area contributed by atoms with E-state index in [1.807, 2.05) is 39.8 Å². The summed E-state index contributed by atoms with van der Waals surface area (Å²) in [4.78, 5) is 4.55. The molecule has 0 amide bonds. The van der Waals surface area contributed by atoms with Crippen LogP contribution in [0.5, 0.6) is 0 Å². The van der Waals surface area contributed by atoms with Gasteiger partial charge in [-0.05, 0) is 54.7 Å². The number of sulfonamides is 1. The predicted octanol–water partition coefficient (Wildman–Crippen LogP) is 4.45. The average molecular weight is 467 g/mol. The molecule has 0 saturated heterocycles. The molecule has 0 spiro atoms. The molecule has 1 N–H and O–H groups in total. The highest BCUT2D eigenvalue weighted by Crippen LogP contribution is 2.43. The first-order valence-corrected chi connectivity index (χ1v) is 12.0.